The molecule has 1 saturated heterocycles. The van der Waals surface area contributed by atoms with Gasteiger partial charge in [0.25, 0.3) is 0 Å². The van der Waals surface area contributed by atoms with Crippen molar-refractivity contribution in [2.24, 2.45) is 0 Å². The van der Waals surface area contributed by atoms with Gasteiger partial charge in [-0.3, -0.25) is 0 Å². The van der Waals surface area contributed by atoms with Gasteiger partial charge in [0.2, 0.25) is 0 Å². The molecule has 1 fully saturated rings. The average molecular weight is 160 g/mol. The Morgan fingerprint density at radius 2 is 2.18 bits per heavy atom. The quantitative estimate of drug-likeness (QED) is 0.605. The van der Waals surface area contributed by atoms with Crippen LogP contribution in [0.4, 0.5) is 4.39 Å². The van der Waals surface area contributed by atoms with Crippen LogP contribution in [-0.4, -0.2) is 43.3 Å². The lowest BCUT2D eigenvalue weighted by molar-refractivity contribution is 0.122. The van der Waals surface area contributed by atoms with Gasteiger partial charge in [0, 0.05) is 24.7 Å². The first-order valence-corrected chi connectivity index (χ1v) is 4.17. The number of hydrogen-bond donors (Lipinski definition) is 1. The van der Waals surface area contributed by atoms with E-state index in [0.29, 0.717) is 12.1 Å². The Labute approximate surface area is 67.8 Å². The lowest BCUT2D eigenvalue weighted by atomic mass is 10.0. The first-order valence-electron chi connectivity index (χ1n) is 4.17. The van der Waals surface area contributed by atoms with Crippen molar-refractivity contribution in [1.29, 1.82) is 0 Å². The van der Waals surface area contributed by atoms with Crippen molar-refractivity contribution in [1.82, 2.24) is 10.2 Å². The maximum atomic E-state index is 12.3. The molecule has 3 atom stereocenters. The fraction of sp³-hybridized carbons (Fsp3) is 1.00. The van der Waals surface area contributed by atoms with E-state index in [4.69, 9.17) is 0 Å². The zero-order valence-corrected chi connectivity index (χ0v) is 7.47. The molecule has 66 valence electrons. The van der Waals surface area contributed by atoms with Crippen LogP contribution < -0.4 is 5.32 Å². The predicted octanol–water partition coefficient (Wildman–Crippen LogP) is 0.636. The van der Waals surface area contributed by atoms with E-state index in [0.717, 1.165) is 6.54 Å². The Balaban J connectivity index is 2.47. The molecule has 0 radical (unpaired) electrons. The third-order valence-corrected chi connectivity index (χ3v) is 2.61. The minimum atomic E-state index is -0.262. The number of rotatable bonds is 1. The molecule has 0 aromatic heterocycles. The third kappa shape index (κ3) is 1.91. The van der Waals surface area contributed by atoms with Gasteiger partial charge in [-0.25, -0.2) is 4.39 Å². The van der Waals surface area contributed by atoms with E-state index in [2.05, 4.69) is 24.1 Å². The molecule has 0 aliphatic carbocycles. The summed E-state index contributed by atoms with van der Waals surface area (Å²) in [5, 5.41) is 3.23. The van der Waals surface area contributed by atoms with Crippen molar-refractivity contribution >= 4 is 0 Å². The average Bonchev–Trinajstić information content (AvgIpc) is 1.99. The van der Waals surface area contributed by atoms with E-state index < -0.39 is 0 Å². The summed E-state index contributed by atoms with van der Waals surface area (Å²) in [5.41, 5.74) is 0. The van der Waals surface area contributed by atoms with Gasteiger partial charge in [0.05, 0.1) is 0 Å². The van der Waals surface area contributed by atoms with Crippen LogP contribution >= 0.6 is 0 Å². The Kier molecular flexibility index (Phi) is 2.84. The van der Waals surface area contributed by atoms with Gasteiger partial charge in [0.15, 0.2) is 0 Å². The number of hydrogen-bond acceptors (Lipinski definition) is 2. The summed E-state index contributed by atoms with van der Waals surface area (Å²) in [6.07, 6.45) is 0. The van der Waals surface area contributed by atoms with Crippen molar-refractivity contribution < 1.29 is 4.39 Å². The fourth-order valence-corrected chi connectivity index (χ4v) is 1.55. The molecule has 1 N–H and O–H groups in total. The van der Waals surface area contributed by atoms with Crippen LogP contribution in [0.3, 0.4) is 0 Å². The summed E-state index contributed by atoms with van der Waals surface area (Å²) in [4.78, 5) is 2.20. The van der Waals surface area contributed by atoms with E-state index in [-0.39, 0.29) is 12.7 Å². The van der Waals surface area contributed by atoms with E-state index in [1.165, 1.54) is 0 Å². The number of likely N-dealkylation sites (N-methyl/N-ethyl adjacent to an activating group) is 1. The third-order valence-electron chi connectivity index (χ3n) is 2.61. The van der Waals surface area contributed by atoms with E-state index >= 15 is 0 Å². The van der Waals surface area contributed by atoms with Crippen molar-refractivity contribution in [2.75, 3.05) is 20.3 Å². The highest BCUT2D eigenvalue weighted by atomic mass is 19.1. The highest BCUT2D eigenvalue weighted by molar-refractivity contribution is 4.87. The molecule has 0 amide bonds. The second-order valence-electron chi connectivity index (χ2n) is 3.49. The molecule has 1 heterocycles. The van der Waals surface area contributed by atoms with E-state index in [9.17, 15) is 4.39 Å². The van der Waals surface area contributed by atoms with E-state index in [1.54, 1.807) is 0 Å². The van der Waals surface area contributed by atoms with Crippen LogP contribution in [0, 0.1) is 0 Å². The normalized spacial score (nSPS) is 40.9. The zero-order valence-electron chi connectivity index (χ0n) is 7.47. The second kappa shape index (κ2) is 3.50. The molecule has 0 saturated carbocycles. The Hall–Kier alpha value is -0.150. The van der Waals surface area contributed by atoms with Gasteiger partial charge in [-0.15, -0.1) is 0 Å². The van der Waals surface area contributed by atoms with Crippen LogP contribution in [-0.2, 0) is 0 Å². The summed E-state index contributed by atoms with van der Waals surface area (Å²) in [6, 6.07) is 0.943. The molecule has 1 aliphatic heterocycles. The number of nitrogens with zero attached hydrogens (tertiary/aromatic N) is 1. The summed E-state index contributed by atoms with van der Waals surface area (Å²) in [7, 11) is 2.05. The van der Waals surface area contributed by atoms with Gasteiger partial charge in [-0.2, -0.15) is 0 Å². The van der Waals surface area contributed by atoms with Crippen LogP contribution in [0.1, 0.15) is 13.8 Å². The van der Waals surface area contributed by atoms with Crippen LogP contribution in [0.5, 0.6) is 0 Å². The molecule has 0 aromatic carbocycles. The number of nitrogens with one attached hydrogen (secondary N) is 1. The molecule has 0 unspecified atom stereocenters. The summed E-state index contributed by atoms with van der Waals surface area (Å²) in [5.74, 6) is 0. The fourth-order valence-electron chi connectivity index (χ4n) is 1.55. The second-order valence-corrected chi connectivity index (χ2v) is 3.49. The number of piperazine rings is 1. The molecular formula is C8H17FN2. The summed E-state index contributed by atoms with van der Waals surface area (Å²) >= 11 is 0. The smallest absolute Gasteiger partial charge is 0.106 e. The molecule has 3 heteroatoms. The predicted molar refractivity (Wildman–Crippen MR) is 44.5 cm³/mol. The molecule has 2 nitrogen and oxygen atoms in total. The summed E-state index contributed by atoms with van der Waals surface area (Å²) < 4.78 is 12.3. The molecule has 0 bridgehead atoms. The minimum Gasteiger partial charge on any atom is -0.306 e. The zero-order chi connectivity index (χ0) is 8.43. The van der Waals surface area contributed by atoms with Gasteiger partial charge >= 0.3 is 0 Å². The standard InChI is InChI=1S/C8H17FN2/c1-6-7(2)11(3)5-8(4-9)10-6/h6-8,10H,4-5H2,1-3H3/t6-,7-,8+/m0/s1. The molecule has 11 heavy (non-hydrogen) atoms. The minimum absolute atomic E-state index is 0.0335. The largest absolute Gasteiger partial charge is 0.306 e. The molecule has 1 aliphatic rings. The number of alkyl halides is 1. The van der Waals surface area contributed by atoms with Gasteiger partial charge in [0.1, 0.15) is 6.67 Å². The van der Waals surface area contributed by atoms with Gasteiger partial charge < -0.3 is 10.2 Å². The Bertz CT molecular complexity index is 117. The highest BCUT2D eigenvalue weighted by Crippen LogP contribution is 2.09. The molecule has 0 spiro atoms. The van der Waals surface area contributed by atoms with Crippen molar-refractivity contribution in [3.8, 4) is 0 Å². The first kappa shape index (κ1) is 8.94. The van der Waals surface area contributed by atoms with Crippen LogP contribution in [0.25, 0.3) is 0 Å². The van der Waals surface area contributed by atoms with Crippen molar-refractivity contribution in [3.05, 3.63) is 0 Å². The van der Waals surface area contributed by atoms with Gasteiger partial charge in [-0.05, 0) is 20.9 Å². The lowest BCUT2D eigenvalue weighted by Gasteiger charge is -2.40. The molecular weight excluding hydrogens is 143 g/mol. The molecule has 1 rings (SSSR count). The number of halogens is 1. The monoisotopic (exact) mass is 160 g/mol. The Morgan fingerprint density at radius 1 is 1.55 bits per heavy atom. The molecule has 0 aromatic rings. The van der Waals surface area contributed by atoms with Gasteiger partial charge in [-0.1, -0.05) is 0 Å². The summed E-state index contributed by atoms with van der Waals surface area (Å²) in [6.45, 7) is 4.82. The SMILES string of the molecule is C[C@@H]1N[C@H](CF)CN(C)[C@H]1C. The van der Waals surface area contributed by atoms with Crippen LogP contribution in [0.2, 0.25) is 0 Å². The lowest BCUT2D eigenvalue weighted by Crippen LogP contribution is -2.59. The maximum Gasteiger partial charge on any atom is 0.106 e. The van der Waals surface area contributed by atoms with Crippen molar-refractivity contribution in [3.63, 3.8) is 0 Å². The van der Waals surface area contributed by atoms with Crippen LogP contribution in [0.15, 0.2) is 0 Å². The maximum absolute atomic E-state index is 12.3. The Morgan fingerprint density at radius 3 is 2.64 bits per heavy atom. The highest BCUT2D eigenvalue weighted by Gasteiger charge is 2.27. The van der Waals surface area contributed by atoms with E-state index in [1.807, 2.05) is 7.05 Å². The van der Waals surface area contributed by atoms with Crippen molar-refractivity contribution in [2.45, 2.75) is 32.0 Å². The topological polar surface area (TPSA) is 15.3 Å². The first-order chi connectivity index (χ1) is 5.15.